The third-order valence-corrected chi connectivity index (χ3v) is 1.07. The van der Waals surface area contributed by atoms with Crippen LogP contribution >= 0.6 is 11.6 Å². The van der Waals surface area contributed by atoms with Gasteiger partial charge in [-0.25, -0.2) is 0 Å². The zero-order valence-electron chi connectivity index (χ0n) is 4.23. The number of hydrogen-bond acceptors (Lipinski definition) is 1. The number of hydrogen-bond donors (Lipinski definition) is 1. The molecule has 0 aromatic heterocycles. The predicted molar refractivity (Wildman–Crippen MR) is 31.3 cm³/mol. The summed E-state index contributed by atoms with van der Waals surface area (Å²) in [7, 11) is 0. The Balaban J connectivity index is 2.83. The van der Waals surface area contributed by atoms with Gasteiger partial charge in [-0.3, -0.25) is 0 Å². The number of aliphatic hydroxyl groups excluding tert-OH is 1. The van der Waals surface area contributed by atoms with E-state index in [9.17, 15) is 0 Å². The molecule has 1 nitrogen and oxygen atoms in total. The maximum Gasteiger partial charge on any atom is 0.0675 e. The number of rotatable bonds is 3. The first-order valence-electron chi connectivity index (χ1n) is 2.34. The van der Waals surface area contributed by atoms with Crippen LogP contribution in [0.4, 0.5) is 0 Å². The maximum absolute atomic E-state index is 8.69. The van der Waals surface area contributed by atoms with Crippen molar-refractivity contribution >= 4 is 11.6 Å². The van der Waals surface area contributed by atoms with Crippen LogP contribution in [0.5, 0.6) is 0 Å². The summed E-state index contributed by atoms with van der Waals surface area (Å²) in [4.78, 5) is 0. The fourth-order valence-electron chi connectivity index (χ4n) is 0.313. The van der Waals surface area contributed by atoms with Crippen LogP contribution in [0.25, 0.3) is 0 Å². The third kappa shape index (κ3) is 4.10. The van der Waals surface area contributed by atoms with Gasteiger partial charge in [0, 0.05) is 5.88 Å². The molecule has 0 aromatic rings. The van der Waals surface area contributed by atoms with Gasteiger partial charge in [-0.1, -0.05) is 13.3 Å². The van der Waals surface area contributed by atoms with Crippen molar-refractivity contribution in [3.8, 4) is 0 Å². The lowest BCUT2D eigenvalue weighted by atomic mass is 10.2. The second kappa shape index (κ2) is 4.41. The van der Waals surface area contributed by atoms with E-state index in [0.29, 0.717) is 12.3 Å². The Kier molecular flexibility index (Phi) is 4.57. The first kappa shape index (κ1) is 7.25. The molecule has 2 heteroatoms. The monoisotopic (exact) mass is 121 g/mol. The SMILES string of the molecule is [CH2]CCC(O)CCl. The van der Waals surface area contributed by atoms with Crippen LogP contribution in [-0.2, 0) is 0 Å². The highest BCUT2D eigenvalue weighted by Gasteiger charge is 1.96. The van der Waals surface area contributed by atoms with Gasteiger partial charge in [-0.2, -0.15) is 0 Å². The van der Waals surface area contributed by atoms with Crippen molar-refractivity contribution in [3.63, 3.8) is 0 Å². The van der Waals surface area contributed by atoms with E-state index >= 15 is 0 Å². The van der Waals surface area contributed by atoms with Gasteiger partial charge in [-0.15, -0.1) is 11.6 Å². The maximum atomic E-state index is 8.69. The lowest BCUT2D eigenvalue weighted by molar-refractivity contribution is 0.189. The summed E-state index contributed by atoms with van der Waals surface area (Å²) >= 11 is 5.25. The van der Waals surface area contributed by atoms with Crippen molar-refractivity contribution in [2.45, 2.75) is 18.9 Å². The van der Waals surface area contributed by atoms with E-state index in [0.717, 1.165) is 6.42 Å². The van der Waals surface area contributed by atoms with E-state index < -0.39 is 0 Å². The topological polar surface area (TPSA) is 20.2 Å². The Labute approximate surface area is 49.3 Å². The van der Waals surface area contributed by atoms with Crippen molar-refractivity contribution in [2.24, 2.45) is 0 Å². The van der Waals surface area contributed by atoms with Crippen LogP contribution in [0.2, 0.25) is 0 Å². The molecular formula is C5H10ClO. The van der Waals surface area contributed by atoms with Gasteiger partial charge in [0.15, 0.2) is 0 Å². The summed E-state index contributed by atoms with van der Waals surface area (Å²) in [6, 6.07) is 0. The third-order valence-electron chi connectivity index (χ3n) is 0.715. The van der Waals surface area contributed by atoms with E-state index in [4.69, 9.17) is 16.7 Å². The highest BCUT2D eigenvalue weighted by molar-refractivity contribution is 6.18. The minimum absolute atomic E-state index is 0.329. The Morgan fingerprint density at radius 1 is 1.71 bits per heavy atom. The summed E-state index contributed by atoms with van der Waals surface area (Å²) in [5.41, 5.74) is 0. The van der Waals surface area contributed by atoms with Crippen molar-refractivity contribution in [2.75, 3.05) is 5.88 Å². The molecule has 43 valence electrons. The molecule has 0 fully saturated rings. The van der Waals surface area contributed by atoms with Gasteiger partial charge in [0.05, 0.1) is 6.10 Å². The summed E-state index contributed by atoms with van der Waals surface area (Å²) in [6.45, 7) is 3.55. The lowest BCUT2D eigenvalue weighted by Crippen LogP contribution is -2.06. The van der Waals surface area contributed by atoms with Crippen molar-refractivity contribution in [1.29, 1.82) is 0 Å². The molecule has 0 bridgehead atoms. The minimum Gasteiger partial charge on any atom is -0.392 e. The Hall–Kier alpha value is 0.250. The van der Waals surface area contributed by atoms with E-state index in [1.807, 2.05) is 0 Å². The first-order chi connectivity index (χ1) is 3.31. The zero-order chi connectivity index (χ0) is 5.70. The van der Waals surface area contributed by atoms with Crippen LogP contribution in [0.15, 0.2) is 0 Å². The van der Waals surface area contributed by atoms with Crippen molar-refractivity contribution < 1.29 is 5.11 Å². The van der Waals surface area contributed by atoms with Crippen LogP contribution in [0, 0.1) is 6.92 Å². The average Bonchev–Trinajstić information content (AvgIpc) is 1.68. The number of aliphatic hydroxyl groups is 1. The van der Waals surface area contributed by atoms with Crippen LogP contribution in [-0.4, -0.2) is 17.1 Å². The van der Waals surface area contributed by atoms with Gasteiger partial charge in [0.25, 0.3) is 0 Å². The Morgan fingerprint density at radius 2 is 2.29 bits per heavy atom. The van der Waals surface area contributed by atoms with E-state index in [2.05, 4.69) is 6.92 Å². The van der Waals surface area contributed by atoms with Crippen LogP contribution in [0.3, 0.4) is 0 Å². The van der Waals surface area contributed by atoms with E-state index in [-0.39, 0.29) is 6.10 Å². The number of alkyl halides is 1. The van der Waals surface area contributed by atoms with Gasteiger partial charge in [-0.05, 0) is 6.42 Å². The van der Waals surface area contributed by atoms with Crippen molar-refractivity contribution in [3.05, 3.63) is 6.92 Å². The molecule has 0 rings (SSSR count). The fraction of sp³-hybridized carbons (Fsp3) is 0.800. The molecule has 0 aliphatic rings. The largest absolute Gasteiger partial charge is 0.392 e. The number of halogens is 1. The summed E-state index contributed by atoms with van der Waals surface area (Å²) in [6.07, 6.45) is 1.12. The van der Waals surface area contributed by atoms with Gasteiger partial charge < -0.3 is 5.11 Å². The molecule has 0 spiro atoms. The molecule has 0 aromatic carbocycles. The van der Waals surface area contributed by atoms with Gasteiger partial charge in [0.1, 0.15) is 0 Å². The molecule has 0 amide bonds. The highest BCUT2D eigenvalue weighted by Crippen LogP contribution is 1.96. The highest BCUT2D eigenvalue weighted by atomic mass is 35.5. The molecule has 0 aliphatic carbocycles. The molecule has 7 heavy (non-hydrogen) atoms. The fourth-order valence-corrected chi connectivity index (χ4v) is 0.467. The Morgan fingerprint density at radius 3 is 2.43 bits per heavy atom. The normalized spacial score (nSPS) is 14.1. The lowest BCUT2D eigenvalue weighted by Gasteiger charge is -2.00. The molecule has 1 atom stereocenters. The molecule has 1 radical (unpaired) electrons. The smallest absolute Gasteiger partial charge is 0.0675 e. The quantitative estimate of drug-likeness (QED) is 0.557. The second-order valence-electron chi connectivity index (χ2n) is 1.45. The summed E-state index contributed by atoms with van der Waals surface area (Å²) < 4.78 is 0. The Bertz CT molecular complexity index is 39.1. The van der Waals surface area contributed by atoms with E-state index in [1.54, 1.807) is 0 Å². The standard InChI is InChI=1S/C5H10ClO/c1-2-3-5(7)4-6/h5,7H,1-4H2. The molecular weight excluding hydrogens is 112 g/mol. The van der Waals surface area contributed by atoms with Gasteiger partial charge in [0.2, 0.25) is 0 Å². The van der Waals surface area contributed by atoms with Crippen LogP contribution in [0.1, 0.15) is 12.8 Å². The van der Waals surface area contributed by atoms with Crippen molar-refractivity contribution in [1.82, 2.24) is 0 Å². The first-order valence-corrected chi connectivity index (χ1v) is 2.88. The predicted octanol–water partition coefficient (Wildman–Crippen LogP) is 1.20. The van der Waals surface area contributed by atoms with Gasteiger partial charge >= 0.3 is 0 Å². The molecule has 0 aliphatic heterocycles. The molecule has 0 heterocycles. The van der Waals surface area contributed by atoms with E-state index in [1.165, 1.54) is 0 Å². The molecule has 0 saturated heterocycles. The molecule has 1 N–H and O–H groups in total. The summed E-state index contributed by atoms with van der Waals surface area (Å²) in [5, 5.41) is 8.69. The summed E-state index contributed by atoms with van der Waals surface area (Å²) in [5.74, 6) is 0.329. The minimum atomic E-state index is -0.348. The van der Waals surface area contributed by atoms with Crippen LogP contribution < -0.4 is 0 Å². The molecule has 1 unspecified atom stereocenters. The molecule has 0 saturated carbocycles. The zero-order valence-corrected chi connectivity index (χ0v) is 4.99. The second-order valence-corrected chi connectivity index (χ2v) is 1.76. The average molecular weight is 122 g/mol.